The standard InChI is InChI=1S/C13H14N2.C6H7BrO2/c1-5-10-13(14-3,15-4)12-8-6-11(2)7-9-12;1-6(8)9-5-3-2-4-7/h1,8,11H,6-7,9-10H2,2H3;4-5H2,1H3. The number of nitrogens with zero attached hydrogens (tertiary/aromatic N) is 2. The van der Waals surface area contributed by atoms with E-state index in [0.29, 0.717) is 11.2 Å². The molecule has 0 heterocycles. The number of halogens is 1. The second-order valence-corrected chi connectivity index (χ2v) is 5.86. The Kier molecular flexibility index (Phi) is 11.1. The number of allylic oxidation sites excluding steroid dienone is 1. The highest BCUT2D eigenvalue weighted by Crippen LogP contribution is 2.36. The monoisotopic (exact) mass is 388 g/mol. The van der Waals surface area contributed by atoms with E-state index in [1.807, 2.05) is 6.08 Å². The van der Waals surface area contributed by atoms with Crippen LogP contribution in [-0.2, 0) is 9.53 Å². The molecule has 0 amide bonds. The summed E-state index contributed by atoms with van der Waals surface area (Å²) in [7, 11) is 0. The van der Waals surface area contributed by atoms with Gasteiger partial charge in [0.05, 0.1) is 10.9 Å². The molecule has 24 heavy (non-hydrogen) atoms. The van der Waals surface area contributed by atoms with Gasteiger partial charge in [-0.05, 0) is 25.2 Å². The van der Waals surface area contributed by atoms with E-state index in [9.17, 15) is 4.79 Å². The first kappa shape index (κ1) is 21.8. The molecule has 0 aromatic carbocycles. The van der Waals surface area contributed by atoms with Crippen molar-refractivity contribution in [1.82, 2.24) is 0 Å². The van der Waals surface area contributed by atoms with E-state index in [2.05, 4.69) is 55.0 Å². The van der Waals surface area contributed by atoms with Gasteiger partial charge in [0.25, 0.3) is 0 Å². The summed E-state index contributed by atoms with van der Waals surface area (Å²) in [6.45, 7) is 18.1. The van der Waals surface area contributed by atoms with Crippen molar-refractivity contribution < 1.29 is 9.53 Å². The molecule has 1 atom stereocenters. The van der Waals surface area contributed by atoms with Gasteiger partial charge < -0.3 is 4.74 Å². The Morgan fingerprint density at radius 1 is 1.50 bits per heavy atom. The minimum absolute atomic E-state index is 0.195. The summed E-state index contributed by atoms with van der Waals surface area (Å²) in [6.07, 6.45) is 10.4. The number of rotatable bonds is 3. The van der Waals surface area contributed by atoms with Crippen molar-refractivity contribution in [3.63, 3.8) is 0 Å². The Labute approximate surface area is 153 Å². The Bertz CT molecular complexity index is 621. The molecular formula is C19H21BrN2O2. The lowest BCUT2D eigenvalue weighted by Crippen LogP contribution is -2.24. The molecular weight excluding hydrogens is 368 g/mol. The predicted octanol–water partition coefficient (Wildman–Crippen LogP) is 4.24. The molecule has 0 spiro atoms. The SMILES string of the molecule is CC(=O)OCC#CCBr.[C-]#[N+]C(CC#C)([N+]#[C-])C1=CCC(C)CC1. The fourth-order valence-corrected chi connectivity index (χ4v) is 2.27. The van der Waals surface area contributed by atoms with Crippen molar-refractivity contribution in [2.75, 3.05) is 11.9 Å². The lowest BCUT2D eigenvalue weighted by Gasteiger charge is -2.19. The van der Waals surface area contributed by atoms with E-state index in [0.717, 1.165) is 24.8 Å². The average molecular weight is 389 g/mol. The number of ether oxygens (including phenoxy) is 1. The van der Waals surface area contributed by atoms with Gasteiger partial charge in [0.1, 0.15) is 0 Å². The summed E-state index contributed by atoms with van der Waals surface area (Å²) in [5, 5.41) is 0.619. The molecule has 0 saturated heterocycles. The number of terminal acetylenes is 1. The molecule has 0 radical (unpaired) electrons. The van der Waals surface area contributed by atoms with Gasteiger partial charge in [-0.15, -0.1) is 6.42 Å². The topological polar surface area (TPSA) is 35.0 Å². The molecule has 5 heteroatoms. The normalized spacial score (nSPS) is 15.7. The van der Waals surface area contributed by atoms with E-state index in [1.54, 1.807) is 0 Å². The Morgan fingerprint density at radius 2 is 2.17 bits per heavy atom. The third-order valence-corrected chi connectivity index (χ3v) is 3.73. The van der Waals surface area contributed by atoms with Gasteiger partial charge in [-0.3, -0.25) is 4.79 Å². The molecule has 0 fully saturated rings. The number of carbonyl (C=O) groups excluding carboxylic acids is 1. The van der Waals surface area contributed by atoms with Crippen LogP contribution >= 0.6 is 15.9 Å². The van der Waals surface area contributed by atoms with E-state index >= 15 is 0 Å². The first-order valence-corrected chi connectivity index (χ1v) is 8.63. The van der Waals surface area contributed by atoms with E-state index in [1.165, 1.54) is 6.92 Å². The highest BCUT2D eigenvalue weighted by molar-refractivity contribution is 9.09. The second kappa shape index (κ2) is 12.2. The van der Waals surface area contributed by atoms with Crippen molar-refractivity contribution in [3.05, 3.63) is 34.5 Å². The molecule has 1 aliphatic rings. The fraction of sp³-hybridized carbons (Fsp3) is 0.526. The summed E-state index contributed by atoms with van der Waals surface area (Å²) in [6, 6.07) is 0. The third-order valence-electron chi connectivity index (χ3n) is 3.45. The Morgan fingerprint density at radius 3 is 2.58 bits per heavy atom. The van der Waals surface area contributed by atoms with Crippen LogP contribution in [0, 0.1) is 43.2 Å². The van der Waals surface area contributed by atoms with E-state index < -0.39 is 5.66 Å². The Hall–Kier alpha value is -2.21. The van der Waals surface area contributed by atoms with Crippen LogP contribution in [0.25, 0.3) is 9.69 Å². The highest BCUT2D eigenvalue weighted by Gasteiger charge is 2.47. The van der Waals surface area contributed by atoms with Crippen LogP contribution in [0.3, 0.4) is 0 Å². The maximum atomic E-state index is 10.1. The highest BCUT2D eigenvalue weighted by atomic mass is 79.9. The molecule has 0 aromatic rings. The van der Waals surface area contributed by atoms with Crippen molar-refractivity contribution in [3.8, 4) is 24.2 Å². The molecule has 126 valence electrons. The molecule has 1 unspecified atom stereocenters. The second-order valence-electron chi connectivity index (χ2n) is 5.30. The molecule has 0 saturated carbocycles. The van der Waals surface area contributed by atoms with Crippen LogP contribution < -0.4 is 0 Å². The molecule has 0 N–H and O–H groups in total. The minimum atomic E-state index is -1.10. The van der Waals surface area contributed by atoms with Gasteiger partial charge in [-0.25, -0.2) is 22.8 Å². The minimum Gasteiger partial charge on any atom is -0.453 e. The van der Waals surface area contributed by atoms with Crippen molar-refractivity contribution >= 4 is 21.9 Å². The quantitative estimate of drug-likeness (QED) is 0.238. The number of alkyl halides is 1. The Balaban J connectivity index is 0.000000506. The predicted molar refractivity (Wildman–Crippen MR) is 98.7 cm³/mol. The molecule has 1 rings (SSSR count). The van der Waals surface area contributed by atoms with Crippen LogP contribution in [0.15, 0.2) is 11.6 Å². The largest absolute Gasteiger partial charge is 0.516 e. The van der Waals surface area contributed by atoms with Crippen LogP contribution in [0.1, 0.15) is 39.5 Å². The molecule has 0 aliphatic heterocycles. The van der Waals surface area contributed by atoms with E-state index in [-0.39, 0.29) is 19.0 Å². The van der Waals surface area contributed by atoms with Gasteiger partial charge in [0, 0.05) is 6.92 Å². The number of hydrogen-bond donors (Lipinski definition) is 0. The van der Waals surface area contributed by atoms with Crippen LogP contribution in [-0.4, -0.2) is 23.6 Å². The molecule has 0 bridgehead atoms. The zero-order valence-electron chi connectivity index (χ0n) is 14.1. The van der Waals surface area contributed by atoms with Crippen molar-refractivity contribution in [2.45, 2.75) is 45.2 Å². The third kappa shape index (κ3) is 7.87. The van der Waals surface area contributed by atoms with E-state index in [4.69, 9.17) is 19.6 Å². The maximum absolute atomic E-state index is 10.1. The lowest BCUT2D eigenvalue weighted by atomic mass is 9.84. The summed E-state index contributed by atoms with van der Waals surface area (Å²) >= 11 is 3.10. The lowest BCUT2D eigenvalue weighted by molar-refractivity contribution is -0.139. The number of hydrogen-bond acceptors (Lipinski definition) is 2. The number of esters is 1. The van der Waals surface area contributed by atoms with Gasteiger partial charge in [-0.1, -0.05) is 46.7 Å². The van der Waals surface area contributed by atoms with Gasteiger partial charge >= 0.3 is 11.6 Å². The summed E-state index contributed by atoms with van der Waals surface area (Å²) in [5.74, 6) is 8.14. The average Bonchev–Trinajstić information content (AvgIpc) is 2.58. The first-order chi connectivity index (χ1) is 11.5. The smallest absolute Gasteiger partial charge is 0.453 e. The van der Waals surface area contributed by atoms with Crippen molar-refractivity contribution in [1.29, 1.82) is 0 Å². The van der Waals surface area contributed by atoms with Crippen LogP contribution in [0.2, 0.25) is 0 Å². The zero-order valence-corrected chi connectivity index (χ0v) is 15.6. The van der Waals surface area contributed by atoms with Crippen molar-refractivity contribution in [2.24, 2.45) is 5.92 Å². The summed E-state index contributed by atoms with van der Waals surface area (Å²) in [5.41, 5.74) is -0.168. The van der Waals surface area contributed by atoms with Gasteiger partial charge in [0.2, 0.25) is 0 Å². The van der Waals surface area contributed by atoms with Gasteiger partial charge in [-0.2, -0.15) is 0 Å². The van der Waals surface area contributed by atoms with Gasteiger partial charge in [0.15, 0.2) is 13.0 Å². The fourth-order valence-electron chi connectivity index (χ4n) is 2.07. The first-order valence-electron chi connectivity index (χ1n) is 7.51. The molecule has 1 aliphatic carbocycles. The zero-order chi connectivity index (χ0) is 18.4. The molecule has 4 nitrogen and oxygen atoms in total. The van der Waals surface area contributed by atoms with Crippen LogP contribution in [0.5, 0.6) is 0 Å². The van der Waals surface area contributed by atoms with Crippen LogP contribution in [0.4, 0.5) is 0 Å². The summed E-state index contributed by atoms with van der Waals surface area (Å²) < 4.78 is 4.51. The number of carbonyl (C=O) groups is 1. The summed E-state index contributed by atoms with van der Waals surface area (Å²) in [4.78, 5) is 17.0. The molecule has 0 aromatic heterocycles. The maximum Gasteiger partial charge on any atom is 0.516 e.